The van der Waals surface area contributed by atoms with Crippen LogP contribution in [0.1, 0.15) is 51.9 Å². The molecule has 0 rings (SSSR count). The molecule has 0 N–H and O–H groups in total. The molecule has 0 heterocycles. The molecule has 0 amide bonds. The normalized spacial score (nSPS) is 12.0. The lowest BCUT2D eigenvalue weighted by Gasteiger charge is -2.07. The van der Waals surface area contributed by atoms with Crippen molar-refractivity contribution in [2.45, 2.75) is 57.9 Å². The van der Waals surface area contributed by atoms with E-state index in [4.69, 9.17) is 0 Å². The van der Waals surface area contributed by atoms with E-state index in [2.05, 4.69) is 52.8 Å². The van der Waals surface area contributed by atoms with E-state index in [1.54, 1.807) is 0 Å². The van der Waals surface area contributed by atoms with Gasteiger partial charge in [-0.15, -0.1) is 0 Å². The lowest BCUT2D eigenvalue weighted by atomic mass is 10.1. The van der Waals surface area contributed by atoms with Gasteiger partial charge in [-0.25, -0.2) is 0 Å². The van der Waals surface area contributed by atoms with Crippen molar-refractivity contribution >= 4 is 49.8 Å². The van der Waals surface area contributed by atoms with Crippen LogP contribution < -0.4 is 0 Å². The zero-order valence-electron chi connectivity index (χ0n) is 8.29. The summed E-state index contributed by atoms with van der Waals surface area (Å²) >= 11 is 10.9. The molecule has 0 bridgehead atoms. The van der Waals surface area contributed by atoms with Crippen LogP contribution in [-0.4, -0.2) is 3.93 Å². The summed E-state index contributed by atoms with van der Waals surface area (Å²) in [5.74, 6) is 0. The first kappa shape index (κ1) is 14.7. The minimum Gasteiger partial charge on any atom is -0.0964 e. The Hall–Kier alpha value is 1.66. The predicted octanol–water partition coefficient (Wildman–Crippen LogP) is 5.86. The Bertz CT molecular complexity index is 112. The quantitative estimate of drug-likeness (QED) is 0.274. The van der Waals surface area contributed by atoms with Crippen LogP contribution in [0, 0.1) is 0 Å². The van der Waals surface area contributed by atoms with Crippen LogP contribution in [0.4, 0.5) is 0 Å². The average Bonchev–Trinajstić information content (AvgIpc) is 2.01. The summed E-state index contributed by atoms with van der Waals surface area (Å²) in [6.07, 6.45) is 9.76. The van der Waals surface area contributed by atoms with Crippen molar-refractivity contribution in [3.8, 4) is 0 Å². The molecule has 0 fully saturated rings. The summed E-state index contributed by atoms with van der Waals surface area (Å²) < 4.78 is -1.30. The first-order valence-corrected chi connectivity index (χ1v) is 14.1. The molecule has 0 saturated carbocycles. The Morgan fingerprint density at radius 3 is 1.69 bits per heavy atom. The highest BCUT2D eigenvalue weighted by Gasteiger charge is 2.20. The van der Waals surface area contributed by atoms with Crippen molar-refractivity contribution in [1.29, 1.82) is 0 Å². The molecule has 0 aliphatic carbocycles. The summed E-state index contributed by atoms with van der Waals surface area (Å²) in [5.41, 5.74) is 0. The number of halogens is 3. The number of hydrogen-bond acceptors (Lipinski definition) is 0. The van der Waals surface area contributed by atoms with Gasteiger partial charge in [-0.05, 0) is 6.04 Å². The summed E-state index contributed by atoms with van der Waals surface area (Å²) in [4.78, 5) is 0. The van der Waals surface area contributed by atoms with Crippen LogP contribution in [0.3, 0.4) is 0 Å². The third-order valence-corrected chi connectivity index (χ3v) is 6.55. The first-order valence-electron chi connectivity index (χ1n) is 5.13. The Morgan fingerprint density at radius 1 is 0.769 bits per heavy atom. The molecule has 0 aromatic carbocycles. The predicted molar refractivity (Wildman–Crippen MR) is 75.3 cm³/mol. The van der Waals surface area contributed by atoms with Gasteiger partial charge in [-0.3, -0.25) is 0 Å². The zero-order valence-corrected chi connectivity index (χ0v) is 14.0. The first-order chi connectivity index (χ1) is 6.06. The third kappa shape index (κ3) is 13.7. The molecule has 0 aromatic rings. The Labute approximate surface area is 107 Å². The van der Waals surface area contributed by atoms with E-state index in [-0.39, 0.29) is 0 Å². The van der Waals surface area contributed by atoms with Crippen LogP contribution >= 0.6 is 45.9 Å². The summed E-state index contributed by atoms with van der Waals surface area (Å²) in [5, 5.41) is 0. The van der Waals surface area contributed by atoms with Crippen LogP contribution in [0.15, 0.2) is 0 Å². The average molecular weight is 395 g/mol. The van der Waals surface area contributed by atoms with Crippen LogP contribution in [-0.2, 0) is 0 Å². The van der Waals surface area contributed by atoms with Crippen molar-refractivity contribution in [2.75, 3.05) is 0 Å². The highest BCUT2D eigenvalue weighted by molar-refractivity contribution is 9.72. The number of rotatable bonds is 8. The molecule has 0 nitrogen and oxygen atoms in total. The van der Waals surface area contributed by atoms with Gasteiger partial charge in [-0.2, -0.15) is 0 Å². The molecule has 0 spiro atoms. The molecular weight excluding hydrogens is 376 g/mol. The van der Waals surface area contributed by atoms with Crippen molar-refractivity contribution in [1.82, 2.24) is 0 Å². The van der Waals surface area contributed by atoms with Crippen LogP contribution in [0.25, 0.3) is 0 Å². The maximum absolute atomic E-state index is 3.64. The molecule has 0 unspecified atom stereocenters. The van der Waals surface area contributed by atoms with Gasteiger partial charge in [0, 0.05) is 0 Å². The Kier molecular flexibility index (Phi) is 10.1. The van der Waals surface area contributed by atoms with Crippen molar-refractivity contribution in [3.63, 3.8) is 0 Å². The molecule has 4 heteroatoms. The smallest absolute Gasteiger partial charge is 0.0964 e. The van der Waals surface area contributed by atoms with E-state index >= 15 is 0 Å². The lowest BCUT2D eigenvalue weighted by Crippen LogP contribution is -2.04. The largest absolute Gasteiger partial charge is 0.267 e. The van der Waals surface area contributed by atoms with E-state index in [0.29, 0.717) is 0 Å². The van der Waals surface area contributed by atoms with Gasteiger partial charge >= 0.3 is 0 Å². The number of unbranched alkanes of at least 4 members (excludes halogenated alkanes) is 6. The fourth-order valence-corrected chi connectivity index (χ4v) is 4.46. The molecule has 0 radical (unpaired) electrons. The molecule has 0 atom stereocenters. The molecule has 13 heavy (non-hydrogen) atoms. The maximum Gasteiger partial charge on any atom is 0.267 e. The Morgan fingerprint density at radius 2 is 1.23 bits per heavy atom. The SMILES string of the molecule is CCCCCCCCC[Si](Br)(Br)Br. The van der Waals surface area contributed by atoms with Gasteiger partial charge in [-0.1, -0.05) is 97.7 Å². The second-order valence-electron chi connectivity index (χ2n) is 3.49. The van der Waals surface area contributed by atoms with Gasteiger partial charge in [0.25, 0.3) is 3.93 Å². The zero-order chi connectivity index (χ0) is 10.2. The van der Waals surface area contributed by atoms with E-state index in [9.17, 15) is 0 Å². The van der Waals surface area contributed by atoms with Gasteiger partial charge in [0.15, 0.2) is 0 Å². The highest BCUT2D eigenvalue weighted by Crippen LogP contribution is 2.33. The van der Waals surface area contributed by atoms with E-state index in [0.717, 1.165) is 0 Å². The topological polar surface area (TPSA) is 0 Å². The summed E-state index contributed by atoms with van der Waals surface area (Å²) in [6.45, 7) is 2.26. The Balaban J connectivity index is 3.00. The van der Waals surface area contributed by atoms with Crippen molar-refractivity contribution in [3.05, 3.63) is 0 Å². The van der Waals surface area contributed by atoms with Crippen LogP contribution in [0.5, 0.6) is 0 Å². The van der Waals surface area contributed by atoms with E-state index < -0.39 is 3.93 Å². The summed E-state index contributed by atoms with van der Waals surface area (Å²) in [7, 11) is 0. The van der Waals surface area contributed by atoms with Crippen molar-refractivity contribution < 1.29 is 0 Å². The van der Waals surface area contributed by atoms with Crippen molar-refractivity contribution in [2.24, 2.45) is 0 Å². The summed E-state index contributed by atoms with van der Waals surface area (Å²) in [6, 6.07) is 1.28. The van der Waals surface area contributed by atoms with E-state index in [1.165, 1.54) is 51.0 Å². The standard InChI is InChI=1S/C9H19Br3Si/c1-2-3-4-5-6-7-8-9-13(10,11)12/h2-9H2,1H3. The number of hydrogen-bond donors (Lipinski definition) is 0. The van der Waals surface area contributed by atoms with Gasteiger partial charge in [0.05, 0.1) is 0 Å². The maximum atomic E-state index is 3.64. The molecule has 0 aliphatic heterocycles. The highest BCUT2D eigenvalue weighted by atomic mass is 80.0. The van der Waals surface area contributed by atoms with E-state index in [1.807, 2.05) is 0 Å². The second kappa shape index (κ2) is 8.92. The third-order valence-electron chi connectivity index (χ3n) is 2.06. The van der Waals surface area contributed by atoms with Crippen LogP contribution in [0.2, 0.25) is 6.04 Å². The lowest BCUT2D eigenvalue weighted by molar-refractivity contribution is 0.601. The molecule has 0 saturated heterocycles. The minimum atomic E-state index is -1.30. The second-order valence-corrected chi connectivity index (χ2v) is 27.0. The molecule has 0 aromatic heterocycles. The molecule has 0 aliphatic rings. The molecule has 80 valence electrons. The minimum absolute atomic E-state index is 1.28. The van der Waals surface area contributed by atoms with Gasteiger partial charge < -0.3 is 0 Å². The van der Waals surface area contributed by atoms with Gasteiger partial charge in [0.2, 0.25) is 0 Å². The van der Waals surface area contributed by atoms with Gasteiger partial charge in [0.1, 0.15) is 0 Å². The molecular formula is C9H19Br3Si. The fourth-order valence-electron chi connectivity index (χ4n) is 1.28. The fraction of sp³-hybridized carbons (Fsp3) is 1.00. The monoisotopic (exact) mass is 392 g/mol.